The standard InChI is InChI=1S/C5H8NP/c1-2-3-5(6)4-7/h2-4,7H,1,6H2/b5-3+. The SMILES string of the molecule is C=C/C=C(/N)C=P. The lowest BCUT2D eigenvalue weighted by Gasteiger charge is -1.81. The predicted molar refractivity (Wildman–Crippen MR) is 36.8 cm³/mol. The van der Waals surface area contributed by atoms with Crippen LogP contribution in [0.2, 0.25) is 0 Å². The summed E-state index contributed by atoms with van der Waals surface area (Å²) in [5.41, 5.74) is 5.94. The Morgan fingerprint density at radius 2 is 2.29 bits per heavy atom. The van der Waals surface area contributed by atoms with E-state index in [0.717, 1.165) is 0 Å². The molecule has 0 aliphatic heterocycles. The first-order chi connectivity index (χ1) is 3.31. The second-order valence-corrected chi connectivity index (χ2v) is 1.34. The fraction of sp³-hybridized carbons (Fsp3) is 0. The third kappa shape index (κ3) is 3.28. The molecular weight excluding hydrogens is 105 g/mol. The Hall–Kier alpha value is -0.550. The van der Waals surface area contributed by atoms with Crippen LogP contribution >= 0.6 is 8.86 Å². The van der Waals surface area contributed by atoms with E-state index in [4.69, 9.17) is 5.73 Å². The second-order valence-electron chi connectivity index (χ2n) is 1.05. The van der Waals surface area contributed by atoms with Crippen molar-refractivity contribution in [3.8, 4) is 0 Å². The van der Waals surface area contributed by atoms with E-state index in [2.05, 4.69) is 15.4 Å². The molecule has 7 heavy (non-hydrogen) atoms. The molecule has 0 amide bonds. The molecule has 0 aliphatic rings. The normalized spacial score (nSPS) is 10.6. The van der Waals surface area contributed by atoms with Crippen LogP contribution in [0.5, 0.6) is 0 Å². The van der Waals surface area contributed by atoms with E-state index in [-0.39, 0.29) is 0 Å². The number of nitrogens with two attached hydrogens (primary N) is 1. The molecule has 0 saturated heterocycles. The van der Waals surface area contributed by atoms with Crippen molar-refractivity contribution >= 4 is 14.7 Å². The quantitative estimate of drug-likeness (QED) is 0.419. The van der Waals surface area contributed by atoms with Gasteiger partial charge < -0.3 is 5.73 Å². The van der Waals surface area contributed by atoms with Crippen LogP contribution in [0, 0.1) is 0 Å². The Labute approximate surface area is 45.7 Å². The molecular formula is C5H8NP. The van der Waals surface area contributed by atoms with E-state index in [1.807, 2.05) is 0 Å². The Kier molecular flexibility index (Phi) is 3.35. The fourth-order valence-electron chi connectivity index (χ4n) is 0.184. The maximum absolute atomic E-state index is 5.27. The molecule has 0 radical (unpaired) electrons. The summed E-state index contributed by atoms with van der Waals surface area (Å²) in [5, 5.41) is 0. The molecule has 0 spiro atoms. The van der Waals surface area contributed by atoms with Gasteiger partial charge in [-0.3, -0.25) is 0 Å². The summed E-state index contributed by atoms with van der Waals surface area (Å²) in [6, 6.07) is 0. The third-order valence-electron chi connectivity index (χ3n) is 0.477. The number of rotatable bonds is 2. The van der Waals surface area contributed by atoms with Crippen molar-refractivity contribution in [3.63, 3.8) is 0 Å². The summed E-state index contributed by atoms with van der Waals surface area (Å²) in [6.07, 6.45) is 3.33. The van der Waals surface area contributed by atoms with Crippen LogP contribution in [-0.4, -0.2) is 5.80 Å². The zero-order valence-corrected chi connectivity index (χ0v) is 5.02. The minimum Gasteiger partial charge on any atom is -0.398 e. The van der Waals surface area contributed by atoms with Crippen molar-refractivity contribution in [2.75, 3.05) is 0 Å². The van der Waals surface area contributed by atoms with Gasteiger partial charge in [0.05, 0.1) is 0 Å². The van der Waals surface area contributed by atoms with Crippen molar-refractivity contribution in [3.05, 3.63) is 24.4 Å². The van der Waals surface area contributed by atoms with E-state index in [1.165, 1.54) is 0 Å². The van der Waals surface area contributed by atoms with Crippen molar-refractivity contribution < 1.29 is 0 Å². The molecule has 0 unspecified atom stereocenters. The van der Waals surface area contributed by atoms with Gasteiger partial charge in [-0.05, 0) is 11.9 Å². The summed E-state index contributed by atoms with van der Waals surface area (Å²) in [5.74, 6) is 1.63. The summed E-state index contributed by atoms with van der Waals surface area (Å²) in [4.78, 5) is 0. The summed E-state index contributed by atoms with van der Waals surface area (Å²) >= 11 is 0. The highest BCUT2D eigenvalue weighted by Crippen LogP contribution is 1.77. The molecule has 0 fully saturated rings. The first-order valence-electron chi connectivity index (χ1n) is 1.90. The second kappa shape index (κ2) is 3.63. The maximum atomic E-state index is 5.27. The van der Waals surface area contributed by atoms with E-state index in [9.17, 15) is 0 Å². The van der Waals surface area contributed by atoms with Crippen LogP contribution < -0.4 is 5.73 Å². The average Bonchev–Trinajstić information content (AvgIpc) is 1.68. The Morgan fingerprint density at radius 1 is 1.71 bits per heavy atom. The number of allylic oxidation sites excluding steroid dienone is 3. The molecule has 0 bridgehead atoms. The highest BCUT2D eigenvalue weighted by molar-refractivity contribution is 7.19. The van der Waals surface area contributed by atoms with Crippen molar-refractivity contribution in [2.24, 2.45) is 5.73 Å². The third-order valence-corrected chi connectivity index (χ3v) is 0.810. The molecule has 0 aromatic carbocycles. The molecule has 2 heteroatoms. The van der Waals surface area contributed by atoms with Gasteiger partial charge in [0.1, 0.15) is 0 Å². The van der Waals surface area contributed by atoms with Gasteiger partial charge in [-0.15, -0.1) is 8.86 Å². The Bertz CT molecular complexity index is 105. The molecule has 0 aromatic rings. The molecule has 0 atom stereocenters. The molecule has 1 nitrogen and oxygen atoms in total. The van der Waals surface area contributed by atoms with Gasteiger partial charge in [0.25, 0.3) is 0 Å². The van der Waals surface area contributed by atoms with Crippen LogP contribution in [0.4, 0.5) is 0 Å². The van der Waals surface area contributed by atoms with Crippen LogP contribution in [0.1, 0.15) is 0 Å². The van der Waals surface area contributed by atoms with E-state index >= 15 is 0 Å². The minimum atomic E-state index is 0.673. The van der Waals surface area contributed by atoms with Crippen LogP contribution in [0.3, 0.4) is 0 Å². The van der Waals surface area contributed by atoms with Gasteiger partial charge in [0.2, 0.25) is 0 Å². The van der Waals surface area contributed by atoms with E-state index < -0.39 is 0 Å². The Morgan fingerprint density at radius 3 is 2.43 bits per heavy atom. The zero-order valence-electron chi connectivity index (χ0n) is 4.02. The van der Waals surface area contributed by atoms with Crippen molar-refractivity contribution in [1.29, 1.82) is 0 Å². The molecule has 38 valence electrons. The van der Waals surface area contributed by atoms with Crippen LogP contribution in [0.15, 0.2) is 24.4 Å². The fourth-order valence-corrected chi connectivity index (χ4v) is 0.280. The first-order valence-corrected chi connectivity index (χ1v) is 2.47. The summed E-state index contributed by atoms with van der Waals surface area (Å²) in [7, 11) is 3.09. The lowest BCUT2D eigenvalue weighted by Crippen LogP contribution is -1.93. The molecule has 0 aromatic heterocycles. The van der Waals surface area contributed by atoms with Crippen LogP contribution in [0.25, 0.3) is 0 Å². The smallest absolute Gasteiger partial charge is 0.0354 e. The van der Waals surface area contributed by atoms with E-state index in [1.54, 1.807) is 17.9 Å². The van der Waals surface area contributed by atoms with Crippen molar-refractivity contribution in [2.45, 2.75) is 0 Å². The van der Waals surface area contributed by atoms with E-state index in [0.29, 0.717) is 5.70 Å². The van der Waals surface area contributed by atoms with Gasteiger partial charge in [-0.1, -0.05) is 12.7 Å². The zero-order chi connectivity index (χ0) is 5.70. The van der Waals surface area contributed by atoms with Crippen LogP contribution in [-0.2, 0) is 0 Å². The first kappa shape index (κ1) is 6.45. The largest absolute Gasteiger partial charge is 0.398 e. The monoisotopic (exact) mass is 113 g/mol. The Balaban J connectivity index is 3.72. The molecule has 0 rings (SSSR count). The summed E-state index contributed by atoms with van der Waals surface area (Å²) in [6.45, 7) is 3.45. The van der Waals surface area contributed by atoms with Gasteiger partial charge in [0.15, 0.2) is 0 Å². The molecule has 0 saturated carbocycles. The lowest BCUT2D eigenvalue weighted by molar-refractivity contribution is 1.52. The van der Waals surface area contributed by atoms with Crippen molar-refractivity contribution in [1.82, 2.24) is 0 Å². The molecule has 0 heterocycles. The molecule has 0 aliphatic carbocycles. The molecule has 2 N–H and O–H groups in total. The lowest BCUT2D eigenvalue weighted by atomic mass is 10.4. The number of hydrogen-bond donors (Lipinski definition) is 1. The minimum absolute atomic E-state index is 0.673. The highest BCUT2D eigenvalue weighted by Gasteiger charge is 1.69. The maximum Gasteiger partial charge on any atom is 0.0354 e. The van der Waals surface area contributed by atoms with Gasteiger partial charge >= 0.3 is 0 Å². The van der Waals surface area contributed by atoms with Gasteiger partial charge in [-0.25, -0.2) is 0 Å². The van der Waals surface area contributed by atoms with Gasteiger partial charge in [0, 0.05) is 5.70 Å². The topological polar surface area (TPSA) is 26.0 Å². The summed E-state index contributed by atoms with van der Waals surface area (Å²) < 4.78 is 0. The average molecular weight is 113 g/mol. The van der Waals surface area contributed by atoms with Gasteiger partial charge in [-0.2, -0.15) is 0 Å². The highest BCUT2D eigenvalue weighted by atomic mass is 31.0. The number of hydrogen-bond acceptors (Lipinski definition) is 1. The predicted octanol–water partition coefficient (Wildman–Crippen LogP) is 0.960.